The maximum atomic E-state index is 11.9. The molecular formula is C13H14BrN3O3. The molecule has 1 unspecified atom stereocenters. The largest absolute Gasteiger partial charge is 0.467 e. The number of nitrogens with zero attached hydrogens (tertiary/aromatic N) is 3. The van der Waals surface area contributed by atoms with Gasteiger partial charge in [0.25, 0.3) is 5.56 Å². The second-order valence-corrected chi connectivity index (χ2v) is 5.39. The number of hydrogen-bond donors (Lipinski definition) is 0. The summed E-state index contributed by atoms with van der Waals surface area (Å²) in [7, 11) is 1.63. The van der Waals surface area contributed by atoms with Gasteiger partial charge in [-0.2, -0.15) is 5.10 Å². The van der Waals surface area contributed by atoms with Gasteiger partial charge in [-0.05, 0) is 28.1 Å². The number of aromatic nitrogens is 2. The van der Waals surface area contributed by atoms with Gasteiger partial charge in [0.1, 0.15) is 16.3 Å². The molecule has 0 aliphatic carbocycles. The lowest BCUT2D eigenvalue weighted by Gasteiger charge is -2.33. The smallest absolute Gasteiger partial charge is 0.282 e. The van der Waals surface area contributed by atoms with Gasteiger partial charge in [-0.3, -0.25) is 4.79 Å². The van der Waals surface area contributed by atoms with Gasteiger partial charge in [0.2, 0.25) is 0 Å². The van der Waals surface area contributed by atoms with Gasteiger partial charge in [-0.25, -0.2) is 4.68 Å². The first kappa shape index (κ1) is 13.4. The maximum Gasteiger partial charge on any atom is 0.282 e. The van der Waals surface area contributed by atoms with E-state index in [1.807, 2.05) is 12.1 Å². The van der Waals surface area contributed by atoms with Crippen molar-refractivity contribution in [3.63, 3.8) is 0 Å². The predicted octanol–water partition coefficient (Wildman–Crippen LogP) is 1.71. The first-order chi connectivity index (χ1) is 9.66. The van der Waals surface area contributed by atoms with Crippen LogP contribution in [0.15, 0.2) is 38.3 Å². The topological polar surface area (TPSA) is 60.5 Å². The van der Waals surface area contributed by atoms with E-state index in [2.05, 4.69) is 25.9 Å². The standard InChI is InChI=1S/C13H14BrN3O3/c1-16-13(18)12(14)9(7-15-16)17-4-6-20-11(8-17)10-3-2-5-19-10/h2-3,5,7,11H,4,6,8H2,1H3. The van der Waals surface area contributed by atoms with Gasteiger partial charge in [0, 0.05) is 13.6 Å². The van der Waals surface area contributed by atoms with Crippen LogP contribution >= 0.6 is 15.9 Å². The molecule has 0 N–H and O–H groups in total. The number of anilines is 1. The van der Waals surface area contributed by atoms with Crippen molar-refractivity contribution in [2.24, 2.45) is 7.05 Å². The van der Waals surface area contributed by atoms with E-state index in [1.54, 1.807) is 19.5 Å². The number of furan rings is 1. The van der Waals surface area contributed by atoms with Crippen molar-refractivity contribution in [3.8, 4) is 0 Å². The molecular weight excluding hydrogens is 326 g/mol. The van der Waals surface area contributed by atoms with Crippen LogP contribution in [0, 0.1) is 0 Å². The Morgan fingerprint density at radius 1 is 1.50 bits per heavy atom. The fourth-order valence-corrected chi connectivity index (χ4v) is 2.85. The lowest BCUT2D eigenvalue weighted by Crippen LogP contribution is -2.39. The molecule has 106 valence electrons. The van der Waals surface area contributed by atoms with Crippen molar-refractivity contribution >= 4 is 21.6 Å². The number of rotatable bonds is 2. The molecule has 2 aromatic rings. The van der Waals surface area contributed by atoms with Crippen molar-refractivity contribution in [2.75, 3.05) is 24.6 Å². The maximum absolute atomic E-state index is 11.9. The van der Waals surface area contributed by atoms with E-state index in [9.17, 15) is 4.79 Å². The quantitative estimate of drug-likeness (QED) is 0.833. The number of morpholine rings is 1. The van der Waals surface area contributed by atoms with Crippen molar-refractivity contribution in [1.29, 1.82) is 0 Å². The Bertz CT molecular complexity index is 653. The Hall–Kier alpha value is -1.60. The molecule has 0 saturated carbocycles. The lowest BCUT2D eigenvalue weighted by molar-refractivity contribution is 0.0256. The molecule has 0 radical (unpaired) electrons. The predicted molar refractivity (Wildman–Crippen MR) is 76.8 cm³/mol. The van der Waals surface area contributed by atoms with E-state index < -0.39 is 0 Å². The van der Waals surface area contributed by atoms with E-state index in [4.69, 9.17) is 9.15 Å². The average molecular weight is 340 g/mol. The fraction of sp³-hybridized carbons (Fsp3) is 0.385. The Morgan fingerprint density at radius 3 is 3.10 bits per heavy atom. The van der Waals surface area contributed by atoms with Crippen LogP contribution in [0.3, 0.4) is 0 Å². The van der Waals surface area contributed by atoms with Crippen molar-refractivity contribution in [1.82, 2.24) is 9.78 Å². The van der Waals surface area contributed by atoms with Crippen LogP contribution in [0.1, 0.15) is 11.9 Å². The zero-order chi connectivity index (χ0) is 14.1. The molecule has 1 fully saturated rings. The second-order valence-electron chi connectivity index (χ2n) is 4.59. The highest BCUT2D eigenvalue weighted by atomic mass is 79.9. The average Bonchev–Trinajstić information content (AvgIpc) is 2.99. The van der Waals surface area contributed by atoms with E-state index in [1.165, 1.54) is 4.68 Å². The minimum absolute atomic E-state index is 0.130. The summed E-state index contributed by atoms with van der Waals surface area (Å²) in [6.07, 6.45) is 3.19. The molecule has 20 heavy (non-hydrogen) atoms. The molecule has 0 spiro atoms. The van der Waals surface area contributed by atoms with Gasteiger partial charge in [-0.15, -0.1) is 0 Å². The second kappa shape index (κ2) is 5.41. The summed E-state index contributed by atoms with van der Waals surface area (Å²) in [6, 6.07) is 3.73. The molecule has 1 atom stereocenters. The van der Waals surface area contributed by atoms with Gasteiger partial charge in [-0.1, -0.05) is 0 Å². The van der Waals surface area contributed by atoms with E-state index >= 15 is 0 Å². The van der Waals surface area contributed by atoms with Crippen LogP contribution in [-0.2, 0) is 11.8 Å². The Balaban J connectivity index is 1.87. The Kier molecular flexibility index (Phi) is 3.62. The highest BCUT2D eigenvalue weighted by Gasteiger charge is 2.26. The number of halogens is 1. The third kappa shape index (κ3) is 2.38. The fourth-order valence-electron chi connectivity index (χ4n) is 2.24. The molecule has 0 bridgehead atoms. The monoisotopic (exact) mass is 339 g/mol. The highest BCUT2D eigenvalue weighted by molar-refractivity contribution is 9.10. The molecule has 1 aliphatic heterocycles. The van der Waals surface area contributed by atoms with Gasteiger partial charge in [0.05, 0.1) is 31.3 Å². The Morgan fingerprint density at radius 2 is 2.35 bits per heavy atom. The SMILES string of the molecule is Cn1ncc(N2CCOC(c3ccco3)C2)c(Br)c1=O. The number of aryl methyl sites for hydroxylation is 1. The summed E-state index contributed by atoms with van der Waals surface area (Å²) < 4.78 is 12.9. The molecule has 3 heterocycles. The third-order valence-corrected chi connectivity index (χ3v) is 4.07. The summed E-state index contributed by atoms with van der Waals surface area (Å²) >= 11 is 3.36. The van der Waals surface area contributed by atoms with Crippen LogP contribution in [0.5, 0.6) is 0 Å². The van der Waals surface area contributed by atoms with Crippen molar-refractivity contribution in [3.05, 3.63) is 45.2 Å². The summed E-state index contributed by atoms with van der Waals surface area (Å²) in [5, 5.41) is 4.07. The van der Waals surface area contributed by atoms with Crippen LogP contribution in [0.25, 0.3) is 0 Å². The molecule has 3 rings (SSSR count). The van der Waals surface area contributed by atoms with E-state index in [0.29, 0.717) is 24.2 Å². The molecule has 7 heteroatoms. The summed E-state index contributed by atoms with van der Waals surface area (Å²) in [4.78, 5) is 14.0. The Labute approximate surface area is 124 Å². The normalized spacial score (nSPS) is 19.3. The zero-order valence-electron chi connectivity index (χ0n) is 11.0. The minimum atomic E-state index is -0.149. The van der Waals surface area contributed by atoms with Crippen molar-refractivity contribution in [2.45, 2.75) is 6.10 Å². The van der Waals surface area contributed by atoms with E-state index in [-0.39, 0.29) is 11.7 Å². The molecule has 6 nitrogen and oxygen atoms in total. The van der Waals surface area contributed by atoms with Gasteiger partial charge in [0.15, 0.2) is 0 Å². The number of ether oxygens (including phenoxy) is 1. The summed E-state index contributed by atoms with van der Waals surface area (Å²) in [5.41, 5.74) is 0.636. The molecule has 0 aromatic carbocycles. The zero-order valence-corrected chi connectivity index (χ0v) is 12.5. The van der Waals surface area contributed by atoms with Gasteiger partial charge < -0.3 is 14.1 Å². The molecule has 1 aliphatic rings. The number of hydrogen-bond acceptors (Lipinski definition) is 5. The molecule has 2 aromatic heterocycles. The van der Waals surface area contributed by atoms with Crippen LogP contribution in [0.2, 0.25) is 0 Å². The van der Waals surface area contributed by atoms with Gasteiger partial charge >= 0.3 is 0 Å². The van der Waals surface area contributed by atoms with Crippen LogP contribution in [0.4, 0.5) is 5.69 Å². The van der Waals surface area contributed by atoms with Crippen LogP contribution < -0.4 is 10.5 Å². The summed E-state index contributed by atoms with van der Waals surface area (Å²) in [5.74, 6) is 0.794. The highest BCUT2D eigenvalue weighted by Crippen LogP contribution is 2.28. The summed E-state index contributed by atoms with van der Waals surface area (Å²) in [6.45, 7) is 1.92. The molecule has 0 amide bonds. The van der Waals surface area contributed by atoms with Crippen LogP contribution in [-0.4, -0.2) is 29.5 Å². The van der Waals surface area contributed by atoms with Crippen molar-refractivity contribution < 1.29 is 9.15 Å². The first-order valence-corrected chi connectivity index (χ1v) is 7.08. The third-order valence-electron chi connectivity index (χ3n) is 3.33. The van der Waals surface area contributed by atoms with E-state index in [0.717, 1.165) is 11.4 Å². The first-order valence-electron chi connectivity index (χ1n) is 6.28. The molecule has 1 saturated heterocycles. The minimum Gasteiger partial charge on any atom is -0.467 e. The lowest BCUT2D eigenvalue weighted by atomic mass is 10.2.